The van der Waals surface area contributed by atoms with E-state index in [9.17, 15) is 9.59 Å². The molecule has 3 heterocycles. The van der Waals surface area contributed by atoms with Crippen molar-refractivity contribution in [3.63, 3.8) is 0 Å². The topological polar surface area (TPSA) is 75.9 Å². The lowest BCUT2D eigenvalue weighted by molar-refractivity contribution is 0.0724. The molecule has 4 aromatic rings. The predicted molar refractivity (Wildman–Crippen MR) is 138 cm³/mol. The average Bonchev–Trinajstić information content (AvgIpc) is 3.35. The number of carbonyl (C=O) groups excluding carboxylic acids is 2. The van der Waals surface area contributed by atoms with Gasteiger partial charge in [-0.2, -0.15) is 0 Å². The Labute approximate surface area is 210 Å². The smallest absolute Gasteiger partial charge is 0.255 e. The molecule has 1 aliphatic heterocycles. The average molecular weight is 483 g/mol. The highest BCUT2D eigenvalue weighted by Crippen LogP contribution is 2.20. The number of nitrogens with one attached hydrogen (secondary N) is 1. The second-order valence-electron chi connectivity index (χ2n) is 9.18. The van der Waals surface area contributed by atoms with Crippen LogP contribution in [0.5, 0.6) is 5.75 Å². The van der Waals surface area contributed by atoms with E-state index in [1.54, 1.807) is 12.1 Å². The van der Waals surface area contributed by atoms with E-state index in [1.807, 2.05) is 77.1 Å². The molecule has 5 rings (SSSR count). The first-order valence-electron chi connectivity index (χ1n) is 12.4. The van der Waals surface area contributed by atoms with Crippen molar-refractivity contribution in [1.29, 1.82) is 0 Å². The van der Waals surface area contributed by atoms with Crippen molar-refractivity contribution < 1.29 is 14.3 Å². The molecule has 0 atom stereocenters. The lowest BCUT2D eigenvalue weighted by Crippen LogP contribution is -2.35. The zero-order valence-corrected chi connectivity index (χ0v) is 20.4. The number of ether oxygens (including phenoxy) is 1. The number of hydrogen-bond acceptors (Lipinski definition) is 4. The second-order valence-corrected chi connectivity index (χ2v) is 9.18. The molecule has 1 aliphatic rings. The van der Waals surface area contributed by atoms with E-state index in [2.05, 4.69) is 10.3 Å². The fraction of sp³-hybridized carbons (Fsp3) is 0.276. The molecule has 1 fully saturated rings. The molecule has 0 saturated carbocycles. The van der Waals surface area contributed by atoms with Crippen molar-refractivity contribution in [3.8, 4) is 5.75 Å². The van der Waals surface area contributed by atoms with E-state index in [1.165, 1.54) is 6.42 Å². The molecule has 2 aromatic heterocycles. The van der Waals surface area contributed by atoms with Gasteiger partial charge in [0.15, 0.2) is 0 Å². The fourth-order valence-electron chi connectivity index (χ4n) is 4.58. The number of carbonyl (C=O) groups is 2. The summed E-state index contributed by atoms with van der Waals surface area (Å²) in [5.41, 5.74) is 4.76. The lowest BCUT2D eigenvalue weighted by atomic mass is 10.1. The van der Waals surface area contributed by atoms with Crippen molar-refractivity contribution in [1.82, 2.24) is 19.6 Å². The monoisotopic (exact) mass is 482 g/mol. The molecule has 2 amide bonds. The van der Waals surface area contributed by atoms with E-state index in [0.717, 1.165) is 48.4 Å². The standard InChI is InChI=1S/C29H30N4O3/c1-21-9-8-16-33-19-24(31-27(21)33)20-36-26-13-4-3-12-25(26)28(34)30-18-22-10-7-11-23(17-22)29(35)32-14-5-2-6-15-32/h3-4,7-13,16-17,19H,2,5-6,14-15,18,20H2,1H3,(H,30,34). The molecule has 184 valence electrons. The largest absolute Gasteiger partial charge is 0.486 e. The summed E-state index contributed by atoms with van der Waals surface area (Å²) in [4.78, 5) is 32.4. The number of rotatable bonds is 7. The van der Waals surface area contributed by atoms with E-state index in [0.29, 0.717) is 23.4 Å². The summed E-state index contributed by atoms with van der Waals surface area (Å²) < 4.78 is 7.97. The van der Waals surface area contributed by atoms with Crippen molar-refractivity contribution >= 4 is 17.5 Å². The Morgan fingerprint density at radius 1 is 1.00 bits per heavy atom. The maximum atomic E-state index is 13.0. The van der Waals surface area contributed by atoms with Crippen LogP contribution in [-0.4, -0.2) is 39.2 Å². The van der Waals surface area contributed by atoms with Gasteiger partial charge in [0.1, 0.15) is 18.0 Å². The van der Waals surface area contributed by atoms with Gasteiger partial charge in [-0.1, -0.05) is 30.3 Å². The molecule has 0 spiro atoms. The summed E-state index contributed by atoms with van der Waals surface area (Å²) in [5.74, 6) is 0.325. The first kappa shape index (κ1) is 23.6. The van der Waals surface area contributed by atoms with Crippen molar-refractivity contribution in [2.24, 2.45) is 0 Å². The Hall–Kier alpha value is -4.13. The fourth-order valence-corrected chi connectivity index (χ4v) is 4.58. The number of hydrogen-bond donors (Lipinski definition) is 1. The Morgan fingerprint density at radius 3 is 2.67 bits per heavy atom. The Balaban J connectivity index is 1.23. The number of likely N-dealkylation sites (tertiary alicyclic amines) is 1. The maximum Gasteiger partial charge on any atom is 0.255 e. The highest BCUT2D eigenvalue weighted by Gasteiger charge is 2.18. The van der Waals surface area contributed by atoms with Crippen LogP contribution in [0.3, 0.4) is 0 Å². The van der Waals surface area contributed by atoms with Crippen LogP contribution >= 0.6 is 0 Å². The van der Waals surface area contributed by atoms with Gasteiger partial charge in [0.2, 0.25) is 0 Å². The van der Waals surface area contributed by atoms with Gasteiger partial charge < -0.3 is 19.4 Å². The number of imidazole rings is 1. The highest BCUT2D eigenvalue weighted by atomic mass is 16.5. The number of piperidine rings is 1. The SMILES string of the molecule is Cc1cccn2cc(COc3ccccc3C(=O)NCc3cccc(C(=O)N4CCCCC4)c3)nc12. The van der Waals surface area contributed by atoms with Crippen LogP contribution in [0.2, 0.25) is 0 Å². The Kier molecular flexibility index (Phi) is 6.98. The molecule has 0 unspecified atom stereocenters. The van der Waals surface area contributed by atoms with Gasteiger partial charge in [-0.25, -0.2) is 4.98 Å². The number of aromatic nitrogens is 2. The second kappa shape index (κ2) is 10.6. The van der Waals surface area contributed by atoms with E-state index < -0.39 is 0 Å². The van der Waals surface area contributed by atoms with Crippen LogP contribution in [0.15, 0.2) is 73.1 Å². The third-order valence-electron chi connectivity index (χ3n) is 6.51. The van der Waals surface area contributed by atoms with Gasteiger partial charge in [-0.15, -0.1) is 0 Å². The summed E-state index contributed by atoms with van der Waals surface area (Å²) in [6.07, 6.45) is 7.18. The van der Waals surface area contributed by atoms with Gasteiger partial charge in [-0.3, -0.25) is 9.59 Å². The lowest BCUT2D eigenvalue weighted by Gasteiger charge is -2.26. The molecule has 1 saturated heterocycles. The van der Waals surface area contributed by atoms with Gasteiger partial charge >= 0.3 is 0 Å². The van der Waals surface area contributed by atoms with Crippen molar-refractivity contribution in [2.75, 3.05) is 13.1 Å². The summed E-state index contributed by atoms with van der Waals surface area (Å²) in [6, 6.07) is 18.7. The molecule has 0 aliphatic carbocycles. The van der Waals surface area contributed by atoms with Crippen LogP contribution in [0.4, 0.5) is 0 Å². The van der Waals surface area contributed by atoms with E-state index in [4.69, 9.17) is 4.74 Å². The van der Waals surface area contributed by atoms with E-state index >= 15 is 0 Å². The van der Waals surface area contributed by atoms with Crippen LogP contribution in [0.25, 0.3) is 5.65 Å². The number of pyridine rings is 1. The van der Waals surface area contributed by atoms with Crippen LogP contribution in [0.1, 0.15) is 56.8 Å². The van der Waals surface area contributed by atoms with Crippen LogP contribution in [0, 0.1) is 6.92 Å². The van der Waals surface area contributed by atoms with Gasteiger partial charge in [-0.05, 0) is 67.6 Å². The zero-order valence-electron chi connectivity index (χ0n) is 20.4. The summed E-state index contributed by atoms with van der Waals surface area (Å²) in [7, 11) is 0. The first-order chi connectivity index (χ1) is 17.6. The summed E-state index contributed by atoms with van der Waals surface area (Å²) >= 11 is 0. The quantitative estimate of drug-likeness (QED) is 0.411. The van der Waals surface area contributed by atoms with Gasteiger partial charge in [0.05, 0.1) is 11.3 Å². The number of amides is 2. The molecule has 0 radical (unpaired) electrons. The molecular formula is C29H30N4O3. The zero-order chi connectivity index (χ0) is 24.9. The number of fused-ring (bicyclic) bond motifs is 1. The summed E-state index contributed by atoms with van der Waals surface area (Å²) in [6.45, 7) is 4.22. The number of nitrogens with zero attached hydrogens (tertiary/aromatic N) is 3. The molecule has 2 aromatic carbocycles. The minimum absolute atomic E-state index is 0.0590. The number of para-hydroxylation sites is 1. The third kappa shape index (κ3) is 5.25. The molecule has 0 bridgehead atoms. The first-order valence-corrected chi connectivity index (χ1v) is 12.4. The minimum Gasteiger partial charge on any atom is -0.486 e. The van der Waals surface area contributed by atoms with Gasteiger partial charge in [0, 0.05) is 37.6 Å². The number of aryl methyl sites for hydroxylation is 1. The van der Waals surface area contributed by atoms with Crippen molar-refractivity contribution in [3.05, 3.63) is 101 Å². The molecule has 7 nitrogen and oxygen atoms in total. The molecule has 7 heteroatoms. The molecular weight excluding hydrogens is 452 g/mol. The minimum atomic E-state index is -0.232. The normalized spacial score (nSPS) is 13.5. The highest BCUT2D eigenvalue weighted by molar-refractivity contribution is 5.97. The maximum absolute atomic E-state index is 13.0. The van der Waals surface area contributed by atoms with Gasteiger partial charge in [0.25, 0.3) is 11.8 Å². The van der Waals surface area contributed by atoms with Crippen molar-refractivity contribution in [2.45, 2.75) is 39.3 Å². The van der Waals surface area contributed by atoms with Crippen LogP contribution < -0.4 is 10.1 Å². The Morgan fingerprint density at radius 2 is 1.83 bits per heavy atom. The molecule has 36 heavy (non-hydrogen) atoms. The summed E-state index contributed by atoms with van der Waals surface area (Å²) in [5, 5.41) is 2.96. The Bertz CT molecular complexity index is 1390. The van der Waals surface area contributed by atoms with E-state index in [-0.39, 0.29) is 18.4 Å². The number of benzene rings is 2. The third-order valence-corrected chi connectivity index (χ3v) is 6.51. The van der Waals surface area contributed by atoms with Crippen LogP contribution in [-0.2, 0) is 13.2 Å². The predicted octanol–water partition coefficient (Wildman–Crippen LogP) is 4.78. The molecule has 1 N–H and O–H groups in total.